The van der Waals surface area contributed by atoms with Crippen molar-refractivity contribution in [2.45, 2.75) is 52.0 Å². The number of amides is 1. The van der Waals surface area contributed by atoms with Crippen molar-refractivity contribution in [3.05, 3.63) is 41.6 Å². The van der Waals surface area contributed by atoms with Gasteiger partial charge in [-0.05, 0) is 38.8 Å². The zero-order valence-electron chi connectivity index (χ0n) is 15.5. The van der Waals surface area contributed by atoms with Crippen LogP contribution in [0.3, 0.4) is 0 Å². The minimum atomic E-state index is -0.0661. The van der Waals surface area contributed by atoms with Gasteiger partial charge < -0.3 is 9.84 Å². The summed E-state index contributed by atoms with van der Waals surface area (Å²) in [5.74, 6) is 1.56. The Morgan fingerprint density at radius 2 is 2.00 bits per heavy atom. The van der Waals surface area contributed by atoms with Crippen LogP contribution >= 0.6 is 0 Å². The third kappa shape index (κ3) is 3.60. The Bertz CT molecular complexity index is 938. The molecule has 0 saturated heterocycles. The highest BCUT2D eigenvalue weighted by Gasteiger charge is 2.20. The van der Waals surface area contributed by atoms with Gasteiger partial charge >= 0.3 is 0 Å². The molecule has 3 aromatic rings. The van der Waals surface area contributed by atoms with Crippen molar-refractivity contribution in [3.63, 3.8) is 0 Å². The lowest BCUT2D eigenvalue weighted by Crippen LogP contribution is -2.36. The first-order chi connectivity index (χ1) is 13.1. The molecule has 0 unspecified atom stereocenters. The van der Waals surface area contributed by atoms with Crippen LogP contribution in [0.15, 0.2) is 29.0 Å². The van der Waals surface area contributed by atoms with Gasteiger partial charge in [-0.2, -0.15) is 10.1 Å². The van der Waals surface area contributed by atoms with E-state index < -0.39 is 0 Å². The fraction of sp³-hybridized carbons (Fsp3) is 0.421. The Balaban J connectivity index is 1.52. The fourth-order valence-electron chi connectivity index (χ4n) is 3.43. The molecule has 1 N–H and O–H groups in total. The molecule has 3 aromatic heterocycles. The van der Waals surface area contributed by atoms with E-state index >= 15 is 0 Å². The van der Waals surface area contributed by atoms with Crippen LogP contribution in [0.1, 0.15) is 54.0 Å². The first kappa shape index (κ1) is 17.4. The second-order valence-electron chi connectivity index (χ2n) is 6.92. The molecule has 0 atom stereocenters. The quantitative estimate of drug-likeness (QED) is 0.762. The summed E-state index contributed by atoms with van der Waals surface area (Å²) in [6, 6.07) is 3.93. The molecule has 0 bridgehead atoms. The Morgan fingerprint density at radius 1 is 1.19 bits per heavy atom. The number of hydrogen-bond donors (Lipinski definition) is 1. The van der Waals surface area contributed by atoms with Gasteiger partial charge in [0, 0.05) is 12.2 Å². The van der Waals surface area contributed by atoms with Gasteiger partial charge in [-0.3, -0.25) is 4.79 Å². The van der Waals surface area contributed by atoms with Crippen LogP contribution in [0.5, 0.6) is 0 Å². The molecule has 1 fully saturated rings. The van der Waals surface area contributed by atoms with E-state index in [1.54, 1.807) is 24.0 Å². The molecule has 140 valence electrons. The summed E-state index contributed by atoms with van der Waals surface area (Å²) in [5, 5.41) is 11.3. The molecule has 1 aliphatic carbocycles. The minimum Gasteiger partial charge on any atom is -0.349 e. The summed E-state index contributed by atoms with van der Waals surface area (Å²) in [7, 11) is 0. The summed E-state index contributed by atoms with van der Waals surface area (Å²) < 4.78 is 6.82. The number of aromatic nitrogens is 5. The van der Waals surface area contributed by atoms with E-state index in [0.717, 1.165) is 24.1 Å². The van der Waals surface area contributed by atoms with E-state index in [9.17, 15) is 4.79 Å². The zero-order chi connectivity index (χ0) is 18.8. The van der Waals surface area contributed by atoms with Crippen molar-refractivity contribution >= 4 is 5.91 Å². The maximum atomic E-state index is 12.6. The standard InChI is InChI=1S/C19H22N6O2/c1-12-16(18(26)23-15-6-4-3-5-7-15)11-21-25(12)17-9-8-14(10-20-17)19-22-13(2)24-27-19/h8-11,15H,3-7H2,1-2H3,(H,23,26). The van der Waals surface area contributed by atoms with Crippen molar-refractivity contribution in [1.82, 2.24) is 30.2 Å². The third-order valence-corrected chi connectivity index (χ3v) is 4.93. The summed E-state index contributed by atoms with van der Waals surface area (Å²) in [4.78, 5) is 21.2. The number of nitrogens with one attached hydrogen (secondary N) is 1. The monoisotopic (exact) mass is 366 g/mol. The van der Waals surface area contributed by atoms with Crippen LogP contribution in [-0.4, -0.2) is 36.9 Å². The largest absolute Gasteiger partial charge is 0.349 e. The van der Waals surface area contributed by atoms with Crippen LogP contribution in [-0.2, 0) is 0 Å². The lowest BCUT2D eigenvalue weighted by atomic mass is 9.95. The third-order valence-electron chi connectivity index (χ3n) is 4.93. The van der Waals surface area contributed by atoms with E-state index in [1.165, 1.54) is 19.3 Å². The Kier molecular flexibility index (Phi) is 4.70. The second-order valence-corrected chi connectivity index (χ2v) is 6.92. The second kappa shape index (κ2) is 7.30. The first-order valence-electron chi connectivity index (χ1n) is 9.24. The molecule has 0 radical (unpaired) electrons. The highest BCUT2D eigenvalue weighted by Crippen LogP contribution is 2.20. The highest BCUT2D eigenvalue weighted by atomic mass is 16.5. The Morgan fingerprint density at radius 3 is 2.67 bits per heavy atom. The predicted octanol–water partition coefficient (Wildman–Crippen LogP) is 3.00. The van der Waals surface area contributed by atoms with Gasteiger partial charge in [-0.25, -0.2) is 9.67 Å². The minimum absolute atomic E-state index is 0.0661. The molecule has 1 aliphatic rings. The van der Waals surface area contributed by atoms with Gasteiger partial charge in [-0.1, -0.05) is 24.4 Å². The number of carbonyl (C=O) groups excluding carboxylic acids is 1. The van der Waals surface area contributed by atoms with Gasteiger partial charge in [0.2, 0.25) is 0 Å². The molecule has 8 nitrogen and oxygen atoms in total. The van der Waals surface area contributed by atoms with Gasteiger partial charge in [0.05, 0.1) is 23.0 Å². The van der Waals surface area contributed by atoms with Crippen molar-refractivity contribution in [2.24, 2.45) is 0 Å². The summed E-state index contributed by atoms with van der Waals surface area (Å²) in [5.41, 5.74) is 2.08. The summed E-state index contributed by atoms with van der Waals surface area (Å²) >= 11 is 0. The van der Waals surface area contributed by atoms with Gasteiger partial charge in [0.15, 0.2) is 11.6 Å². The van der Waals surface area contributed by atoms with Crippen molar-refractivity contribution < 1.29 is 9.32 Å². The van der Waals surface area contributed by atoms with Crippen LogP contribution < -0.4 is 5.32 Å². The number of nitrogens with zero attached hydrogens (tertiary/aromatic N) is 5. The molecule has 8 heteroatoms. The normalized spacial score (nSPS) is 15.0. The average Bonchev–Trinajstić information content (AvgIpc) is 3.28. The maximum Gasteiger partial charge on any atom is 0.259 e. The van der Waals surface area contributed by atoms with E-state index in [2.05, 4.69) is 25.5 Å². The van der Waals surface area contributed by atoms with Crippen molar-refractivity contribution in [3.8, 4) is 17.3 Å². The van der Waals surface area contributed by atoms with E-state index in [1.807, 2.05) is 19.1 Å². The first-order valence-corrected chi connectivity index (χ1v) is 9.24. The number of hydrogen-bond acceptors (Lipinski definition) is 6. The lowest BCUT2D eigenvalue weighted by Gasteiger charge is -2.22. The molecule has 3 heterocycles. The van der Waals surface area contributed by atoms with Crippen LogP contribution in [0.4, 0.5) is 0 Å². The number of aryl methyl sites for hydroxylation is 1. The van der Waals surface area contributed by atoms with Gasteiger partial charge in [-0.15, -0.1) is 0 Å². The van der Waals surface area contributed by atoms with Gasteiger partial charge in [0.1, 0.15) is 0 Å². The van der Waals surface area contributed by atoms with Crippen LogP contribution in [0, 0.1) is 13.8 Å². The average molecular weight is 366 g/mol. The van der Waals surface area contributed by atoms with E-state index in [4.69, 9.17) is 4.52 Å². The van der Waals surface area contributed by atoms with Crippen LogP contribution in [0.25, 0.3) is 17.3 Å². The fourth-order valence-corrected chi connectivity index (χ4v) is 3.43. The molecule has 4 rings (SSSR count). The molecule has 27 heavy (non-hydrogen) atoms. The molecule has 1 amide bonds. The number of carbonyl (C=O) groups is 1. The highest BCUT2D eigenvalue weighted by molar-refractivity contribution is 5.95. The topological polar surface area (TPSA) is 98.7 Å². The summed E-state index contributed by atoms with van der Waals surface area (Å²) in [6.45, 7) is 3.64. The van der Waals surface area contributed by atoms with E-state index in [-0.39, 0.29) is 11.9 Å². The molecule has 0 aromatic carbocycles. The maximum absolute atomic E-state index is 12.6. The Hall–Kier alpha value is -3.03. The predicted molar refractivity (Wildman–Crippen MR) is 98.5 cm³/mol. The molecular formula is C19H22N6O2. The number of rotatable bonds is 4. The zero-order valence-corrected chi connectivity index (χ0v) is 15.5. The Labute approximate surface area is 157 Å². The lowest BCUT2D eigenvalue weighted by molar-refractivity contribution is 0.0927. The molecular weight excluding hydrogens is 344 g/mol. The molecule has 0 aliphatic heterocycles. The van der Waals surface area contributed by atoms with Gasteiger partial charge in [0.25, 0.3) is 11.8 Å². The summed E-state index contributed by atoms with van der Waals surface area (Å²) in [6.07, 6.45) is 8.98. The van der Waals surface area contributed by atoms with Crippen molar-refractivity contribution in [2.75, 3.05) is 0 Å². The molecule has 1 saturated carbocycles. The van der Waals surface area contributed by atoms with Crippen LogP contribution in [0.2, 0.25) is 0 Å². The smallest absolute Gasteiger partial charge is 0.259 e. The van der Waals surface area contributed by atoms with Crippen molar-refractivity contribution in [1.29, 1.82) is 0 Å². The van der Waals surface area contributed by atoms with E-state index in [0.29, 0.717) is 23.1 Å². The molecule has 0 spiro atoms. The number of pyridine rings is 1. The SMILES string of the molecule is Cc1noc(-c2ccc(-n3ncc(C(=O)NC4CCCCC4)c3C)nc2)n1.